The van der Waals surface area contributed by atoms with Gasteiger partial charge in [0, 0.05) is 64.5 Å². The summed E-state index contributed by atoms with van der Waals surface area (Å²) in [6, 6.07) is 20.5. The first-order valence-corrected chi connectivity index (χ1v) is 16.2. The number of nitrogens with one attached hydrogen (secondary N) is 2. The molecule has 7 nitrogen and oxygen atoms in total. The summed E-state index contributed by atoms with van der Waals surface area (Å²) in [5.74, 6) is 4.10. The molecule has 2 aromatic heterocycles. The van der Waals surface area contributed by atoms with Crippen LogP contribution in [-0.2, 0) is 6.54 Å². The molecule has 1 unspecified atom stereocenters. The van der Waals surface area contributed by atoms with E-state index in [1.165, 1.54) is 6.07 Å². The minimum atomic E-state index is -0.315. The van der Waals surface area contributed by atoms with Gasteiger partial charge in [-0.1, -0.05) is 41.7 Å². The van der Waals surface area contributed by atoms with E-state index in [9.17, 15) is 4.79 Å². The van der Waals surface area contributed by atoms with E-state index >= 15 is 4.39 Å². The number of halogens is 2. The van der Waals surface area contributed by atoms with Gasteiger partial charge in [0.05, 0.1) is 12.2 Å². The lowest BCUT2D eigenvalue weighted by Gasteiger charge is -2.29. The summed E-state index contributed by atoms with van der Waals surface area (Å²) >= 11 is 6.64. The Morgan fingerprint density at radius 2 is 1.86 bits per heavy atom. The molecule has 0 spiro atoms. The zero-order chi connectivity index (χ0) is 30.1. The van der Waals surface area contributed by atoms with Crippen LogP contribution >= 0.6 is 22.1 Å². The normalized spacial score (nSPS) is 14.2. The quantitative estimate of drug-likeness (QED) is 0.205. The highest BCUT2D eigenvalue weighted by atomic mass is 35.5. The Morgan fingerprint density at radius 3 is 2.60 bits per heavy atom. The summed E-state index contributed by atoms with van der Waals surface area (Å²) in [5.41, 5.74) is 4.51. The maximum Gasteiger partial charge on any atom is 0.260 e. The van der Waals surface area contributed by atoms with Crippen molar-refractivity contribution >= 4 is 56.3 Å². The molecule has 5 aromatic rings. The van der Waals surface area contributed by atoms with Gasteiger partial charge >= 0.3 is 0 Å². The Bertz CT molecular complexity index is 1920. The second kappa shape index (κ2) is 12.3. The maximum absolute atomic E-state index is 15.1. The number of aryl methyl sites for hydroxylation is 1. The average molecular weight is 615 g/mol. The van der Waals surface area contributed by atoms with Gasteiger partial charge < -0.3 is 15.5 Å². The largest absolute Gasteiger partial charge is 0.367 e. The lowest BCUT2D eigenvalue weighted by Crippen LogP contribution is -2.43. The number of anilines is 3. The molecule has 10 heteroatoms. The Labute approximate surface area is 257 Å². The van der Waals surface area contributed by atoms with Crippen LogP contribution < -0.4 is 21.1 Å². The van der Waals surface area contributed by atoms with Crippen molar-refractivity contribution in [3.8, 4) is 11.1 Å². The van der Waals surface area contributed by atoms with Crippen molar-refractivity contribution in [2.75, 3.05) is 42.7 Å². The van der Waals surface area contributed by atoms with Gasteiger partial charge in [0.1, 0.15) is 11.5 Å². The summed E-state index contributed by atoms with van der Waals surface area (Å²) in [7, 11) is -0.255. The van der Waals surface area contributed by atoms with Crippen LogP contribution in [0.5, 0.6) is 0 Å². The molecule has 6 rings (SSSR count). The Kier molecular flexibility index (Phi) is 8.30. The molecule has 1 fully saturated rings. The van der Waals surface area contributed by atoms with Crippen LogP contribution in [-0.4, -0.2) is 52.8 Å². The fourth-order valence-corrected chi connectivity index (χ4v) is 6.16. The molecule has 1 aliphatic heterocycles. The highest BCUT2D eigenvalue weighted by Crippen LogP contribution is 2.33. The summed E-state index contributed by atoms with van der Waals surface area (Å²) in [6.45, 7) is 5.48. The lowest BCUT2D eigenvalue weighted by molar-refractivity contribution is 0.566. The van der Waals surface area contributed by atoms with Crippen molar-refractivity contribution in [2.45, 2.75) is 18.4 Å². The monoisotopic (exact) mass is 614 g/mol. The number of fused-ring (bicyclic) bond motifs is 1. The minimum Gasteiger partial charge on any atom is -0.367 e. The third-order valence-electron chi connectivity index (χ3n) is 7.71. The van der Waals surface area contributed by atoms with Crippen LogP contribution in [0.1, 0.15) is 11.1 Å². The van der Waals surface area contributed by atoms with Gasteiger partial charge in [-0.2, -0.15) is 15.5 Å². The molecule has 0 bridgehead atoms. The first kappa shape index (κ1) is 29.0. The predicted octanol–water partition coefficient (Wildman–Crippen LogP) is 6.45. The molecule has 1 atom stereocenters. The molecule has 43 heavy (non-hydrogen) atoms. The Balaban J connectivity index is 1.44. The van der Waals surface area contributed by atoms with Crippen molar-refractivity contribution in [1.82, 2.24) is 19.9 Å². The standard InChI is InChI=1S/C33H32ClFN6OS/c1-21-6-4-5-7-22(21)20-41-31-23(16-27(32(41)42)26-18-25(43(2)3)9-10-28(26)34)19-37-33(39-31)38-24-8-11-30(29(35)17-24)40-14-12-36-13-15-40/h4-11,16-19,36H,2,12-15,20H2,1,3H3,(H,37,38,39). The molecule has 0 radical (unpaired) electrons. The lowest BCUT2D eigenvalue weighted by atomic mass is 10.0. The molecule has 0 aliphatic carbocycles. The molecule has 2 N–H and O–H groups in total. The number of nitrogens with zero attached hydrogens (tertiary/aromatic N) is 4. The third kappa shape index (κ3) is 6.06. The molecule has 220 valence electrons. The van der Waals surface area contributed by atoms with E-state index in [0.717, 1.165) is 42.2 Å². The summed E-state index contributed by atoms with van der Waals surface area (Å²) in [5, 5.41) is 7.58. The smallest absolute Gasteiger partial charge is 0.260 e. The Hall–Kier alpha value is -4.05. The van der Waals surface area contributed by atoms with Crippen molar-refractivity contribution < 1.29 is 4.39 Å². The van der Waals surface area contributed by atoms with Crippen LogP contribution in [0.15, 0.2) is 82.6 Å². The first-order valence-electron chi connectivity index (χ1n) is 14.0. The highest BCUT2D eigenvalue weighted by molar-refractivity contribution is 8.13. The maximum atomic E-state index is 15.1. The fraction of sp³-hybridized carbons (Fsp3) is 0.212. The van der Waals surface area contributed by atoms with Crippen molar-refractivity contribution in [3.63, 3.8) is 0 Å². The average Bonchev–Trinajstić information content (AvgIpc) is 3.00. The minimum absolute atomic E-state index is 0.217. The zero-order valence-corrected chi connectivity index (χ0v) is 25.6. The topological polar surface area (TPSA) is 75.1 Å². The number of aromatic nitrogens is 3. The summed E-state index contributed by atoms with van der Waals surface area (Å²) in [4.78, 5) is 26.5. The van der Waals surface area contributed by atoms with Gasteiger partial charge in [-0.15, -0.1) is 0 Å². The second-order valence-electron chi connectivity index (χ2n) is 10.7. The fourth-order valence-electron chi connectivity index (χ4n) is 5.32. The predicted molar refractivity (Wildman–Crippen MR) is 178 cm³/mol. The number of pyridine rings is 1. The van der Waals surface area contributed by atoms with Crippen molar-refractivity contribution in [1.29, 1.82) is 0 Å². The summed E-state index contributed by atoms with van der Waals surface area (Å²) in [6.07, 6.45) is 3.70. The SMILES string of the molecule is C=S(C)c1ccc(Cl)c(-c2cc3cnc(Nc4ccc(N5CCNCC5)c(F)c4)nc3n(Cc3ccccc3C)c2=O)c1. The van der Waals surface area contributed by atoms with E-state index in [4.69, 9.17) is 16.6 Å². The first-order chi connectivity index (χ1) is 20.8. The number of hydrogen-bond donors (Lipinski definition) is 2. The second-order valence-corrected chi connectivity index (χ2v) is 12.8. The molecule has 1 saturated heterocycles. The van der Waals surface area contributed by atoms with Gasteiger partial charge in [-0.05, 0) is 66.8 Å². The molecule has 0 saturated carbocycles. The highest BCUT2D eigenvalue weighted by Gasteiger charge is 2.18. The van der Waals surface area contributed by atoms with Crippen molar-refractivity contribution in [2.24, 2.45) is 0 Å². The van der Waals surface area contributed by atoms with Gasteiger partial charge in [0.2, 0.25) is 5.95 Å². The van der Waals surface area contributed by atoms with Crippen LogP contribution in [0.4, 0.5) is 21.7 Å². The van der Waals surface area contributed by atoms with Crippen molar-refractivity contribution in [3.05, 3.63) is 105 Å². The molecule has 0 amide bonds. The molecular formula is C33H32ClFN6OS. The molecular weight excluding hydrogens is 583 g/mol. The van der Waals surface area contributed by atoms with Gasteiger partial charge in [-0.25, -0.2) is 9.37 Å². The molecule has 3 aromatic carbocycles. The Morgan fingerprint density at radius 1 is 1.07 bits per heavy atom. The van der Waals surface area contributed by atoms with E-state index < -0.39 is 0 Å². The van der Waals surface area contributed by atoms with Crippen LogP contribution in [0.25, 0.3) is 22.2 Å². The van der Waals surface area contributed by atoms with Gasteiger partial charge in [0.25, 0.3) is 5.56 Å². The van der Waals surface area contributed by atoms with Crippen LogP contribution in [0.3, 0.4) is 0 Å². The number of piperazine rings is 1. The van der Waals surface area contributed by atoms with E-state index in [-0.39, 0.29) is 27.8 Å². The van der Waals surface area contributed by atoms with Crippen LogP contribution in [0, 0.1) is 12.7 Å². The number of benzene rings is 3. The number of hydrogen-bond acceptors (Lipinski definition) is 6. The van der Waals surface area contributed by atoms with Crippen LogP contribution in [0.2, 0.25) is 5.02 Å². The number of rotatable bonds is 7. The van der Waals surface area contributed by atoms with E-state index in [1.807, 2.05) is 66.6 Å². The van der Waals surface area contributed by atoms with E-state index in [2.05, 4.69) is 21.5 Å². The summed E-state index contributed by atoms with van der Waals surface area (Å²) < 4.78 is 16.8. The van der Waals surface area contributed by atoms with Gasteiger partial charge in [-0.3, -0.25) is 9.36 Å². The molecule has 1 aliphatic rings. The zero-order valence-electron chi connectivity index (χ0n) is 24.0. The third-order valence-corrected chi connectivity index (χ3v) is 9.10. The molecule has 3 heterocycles. The van der Waals surface area contributed by atoms with Gasteiger partial charge in [0.15, 0.2) is 0 Å². The van der Waals surface area contributed by atoms with E-state index in [0.29, 0.717) is 45.1 Å². The van der Waals surface area contributed by atoms with E-state index in [1.54, 1.807) is 22.9 Å².